The standard InChI is InChI=1S/C27H31N3O4S/c1-21-5-3-7-24(19-21)28-35(32,33)26-8-4-6-23(20-26)27(31)30-17-15-29(16-18-30)14-13-22-9-11-25(34-2)12-10-22/h3-12,19-20,28H,13-18H2,1-2H3. The number of ether oxygens (including phenoxy) is 1. The molecule has 184 valence electrons. The summed E-state index contributed by atoms with van der Waals surface area (Å²) in [5.74, 6) is 0.705. The van der Waals surface area contributed by atoms with Crippen LogP contribution in [0.5, 0.6) is 5.75 Å². The molecule has 8 heteroatoms. The lowest BCUT2D eigenvalue weighted by atomic mass is 10.1. The van der Waals surface area contributed by atoms with Crippen molar-refractivity contribution in [3.05, 3.63) is 89.5 Å². The quantitative estimate of drug-likeness (QED) is 0.516. The van der Waals surface area contributed by atoms with E-state index in [-0.39, 0.29) is 10.8 Å². The second-order valence-corrected chi connectivity index (χ2v) is 10.4. The first-order chi connectivity index (χ1) is 16.8. The molecule has 1 saturated heterocycles. The average molecular weight is 494 g/mol. The summed E-state index contributed by atoms with van der Waals surface area (Å²) >= 11 is 0. The molecule has 0 radical (unpaired) electrons. The predicted molar refractivity (Wildman–Crippen MR) is 137 cm³/mol. The Bertz CT molecular complexity index is 1270. The molecule has 0 saturated carbocycles. The van der Waals surface area contributed by atoms with Crippen LogP contribution >= 0.6 is 0 Å². The van der Waals surface area contributed by atoms with Gasteiger partial charge in [0.15, 0.2) is 0 Å². The first kappa shape index (κ1) is 24.8. The molecule has 3 aromatic carbocycles. The summed E-state index contributed by atoms with van der Waals surface area (Å²) in [5.41, 5.74) is 3.08. The summed E-state index contributed by atoms with van der Waals surface area (Å²) in [6.07, 6.45) is 0.936. The molecule has 0 unspecified atom stereocenters. The summed E-state index contributed by atoms with van der Waals surface area (Å²) in [6, 6.07) is 21.5. The maximum atomic E-state index is 13.1. The van der Waals surface area contributed by atoms with Gasteiger partial charge in [0.05, 0.1) is 12.0 Å². The van der Waals surface area contributed by atoms with Gasteiger partial charge in [0, 0.05) is 44.0 Å². The summed E-state index contributed by atoms with van der Waals surface area (Å²) in [7, 11) is -2.14. The van der Waals surface area contributed by atoms with Crippen LogP contribution in [0.4, 0.5) is 5.69 Å². The number of anilines is 1. The van der Waals surface area contributed by atoms with Gasteiger partial charge in [-0.05, 0) is 66.9 Å². The number of hydrogen-bond donors (Lipinski definition) is 1. The van der Waals surface area contributed by atoms with Crippen LogP contribution in [0.2, 0.25) is 0 Å². The minimum atomic E-state index is -3.80. The second kappa shape index (κ2) is 10.9. The molecule has 0 atom stereocenters. The van der Waals surface area contributed by atoms with Gasteiger partial charge in [-0.3, -0.25) is 14.4 Å². The third-order valence-corrected chi connectivity index (χ3v) is 7.58. The van der Waals surface area contributed by atoms with Crippen molar-refractivity contribution in [2.24, 2.45) is 0 Å². The minimum absolute atomic E-state index is 0.0722. The Labute approximate surface area is 207 Å². The normalized spacial score (nSPS) is 14.5. The van der Waals surface area contributed by atoms with Crippen molar-refractivity contribution in [2.75, 3.05) is 44.6 Å². The Hall–Kier alpha value is -3.36. The molecule has 1 amide bonds. The first-order valence-corrected chi connectivity index (χ1v) is 13.2. The van der Waals surface area contributed by atoms with Gasteiger partial charge in [-0.1, -0.05) is 30.3 Å². The molecule has 1 heterocycles. The molecule has 1 aliphatic heterocycles. The van der Waals surface area contributed by atoms with E-state index in [4.69, 9.17) is 4.74 Å². The molecule has 35 heavy (non-hydrogen) atoms. The topological polar surface area (TPSA) is 79.0 Å². The Kier molecular flexibility index (Phi) is 7.73. The van der Waals surface area contributed by atoms with Crippen LogP contribution in [0.15, 0.2) is 77.7 Å². The van der Waals surface area contributed by atoms with Crippen LogP contribution in [0.3, 0.4) is 0 Å². The van der Waals surface area contributed by atoms with Crippen molar-refractivity contribution in [3.63, 3.8) is 0 Å². The van der Waals surface area contributed by atoms with Gasteiger partial charge < -0.3 is 9.64 Å². The van der Waals surface area contributed by atoms with Crippen LogP contribution < -0.4 is 9.46 Å². The zero-order valence-corrected chi connectivity index (χ0v) is 20.9. The molecule has 3 aromatic rings. The molecule has 0 spiro atoms. The van der Waals surface area contributed by atoms with Crippen molar-refractivity contribution in [1.82, 2.24) is 9.80 Å². The maximum Gasteiger partial charge on any atom is 0.261 e. The second-order valence-electron chi connectivity index (χ2n) is 8.73. The van der Waals surface area contributed by atoms with Gasteiger partial charge in [0.2, 0.25) is 0 Å². The van der Waals surface area contributed by atoms with E-state index < -0.39 is 10.0 Å². The average Bonchev–Trinajstić information content (AvgIpc) is 2.87. The Balaban J connectivity index is 1.34. The highest BCUT2D eigenvalue weighted by atomic mass is 32.2. The smallest absolute Gasteiger partial charge is 0.261 e. The molecular weight excluding hydrogens is 462 g/mol. The van der Waals surface area contributed by atoms with E-state index in [1.54, 1.807) is 42.3 Å². The summed E-state index contributed by atoms with van der Waals surface area (Å²) in [6.45, 7) is 5.62. The fourth-order valence-corrected chi connectivity index (χ4v) is 5.25. The zero-order valence-electron chi connectivity index (χ0n) is 20.1. The van der Waals surface area contributed by atoms with Gasteiger partial charge in [-0.15, -0.1) is 0 Å². The molecule has 0 aliphatic carbocycles. The molecule has 1 fully saturated rings. The van der Waals surface area contributed by atoms with Crippen LogP contribution in [0.25, 0.3) is 0 Å². The van der Waals surface area contributed by atoms with Crippen LogP contribution in [-0.4, -0.2) is 64.0 Å². The van der Waals surface area contributed by atoms with Crippen LogP contribution in [-0.2, 0) is 16.4 Å². The third kappa shape index (κ3) is 6.41. The zero-order chi connectivity index (χ0) is 24.8. The van der Waals surface area contributed by atoms with Gasteiger partial charge >= 0.3 is 0 Å². The number of benzene rings is 3. The minimum Gasteiger partial charge on any atom is -0.497 e. The SMILES string of the molecule is COc1ccc(CCN2CCN(C(=O)c3cccc(S(=O)(=O)Nc4cccc(C)c4)c3)CC2)cc1. The van der Waals surface area contributed by atoms with E-state index in [1.807, 2.05) is 25.1 Å². The molecule has 1 N–H and O–H groups in total. The Morgan fingerprint density at radius 3 is 2.34 bits per heavy atom. The predicted octanol–water partition coefficient (Wildman–Crippen LogP) is 3.80. The number of carbonyl (C=O) groups is 1. The molecule has 4 rings (SSSR count). The molecule has 1 aliphatic rings. The number of piperazine rings is 1. The van der Waals surface area contributed by atoms with Crippen molar-refractivity contribution in [2.45, 2.75) is 18.2 Å². The van der Waals surface area contributed by atoms with Crippen molar-refractivity contribution < 1.29 is 17.9 Å². The number of sulfonamides is 1. The lowest BCUT2D eigenvalue weighted by Crippen LogP contribution is -2.49. The largest absolute Gasteiger partial charge is 0.497 e. The van der Waals surface area contributed by atoms with Crippen molar-refractivity contribution >= 4 is 21.6 Å². The number of carbonyl (C=O) groups excluding carboxylic acids is 1. The maximum absolute atomic E-state index is 13.1. The number of aryl methyl sites for hydroxylation is 1. The van der Waals surface area contributed by atoms with Crippen molar-refractivity contribution in [3.8, 4) is 5.75 Å². The molecular formula is C27H31N3O4S. The highest BCUT2D eigenvalue weighted by molar-refractivity contribution is 7.92. The van der Waals surface area contributed by atoms with E-state index in [0.717, 1.165) is 37.4 Å². The van der Waals surface area contributed by atoms with Gasteiger partial charge in [0.1, 0.15) is 5.75 Å². The lowest BCUT2D eigenvalue weighted by molar-refractivity contribution is 0.0638. The number of hydrogen-bond acceptors (Lipinski definition) is 5. The Morgan fingerprint density at radius 1 is 0.943 bits per heavy atom. The van der Waals surface area contributed by atoms with Gasteiger partial charge in [0.25, 0.3) is 15.9 Å². The van der Waals surface area contributed by atoms with E-state index in [1.165, 1.54) is 17.7 Å². The van der Waals surface area contributed by atoms with E-state index in [0.29, 0.717) is 24.3 Å². The van der Waals surface area contributed by atoms with Gasteiger partial charge in [-0.2, -0.15) is 0 Å². The van der Waals surface area contributed by atoms with E-state index >= 15 is 0 Å². The number of nitrogens with zero attached hydrogens (tertiary/aromatic N) is 2. The third-order valence-electron chi connectivity index (χ3n) is 6.20. The van der Waals surface area contributed by atoms with Crippen LogP contribution in [0.1, 0.15) is 21.5 Å². The fraction of sp³-hybridized carbons (Fsp3) is 0.296. The lowest BCUT2D eigenvalue weighted by Gasteiger charge is -2.34. The molecule has 7 nitrogen and oxygen atoms in total. The number of amides is 1. The van der Waals surface area contributed by atoms with Crippen LogP contribution in [0, 0.1) is 6.92 Å². The first-order valence-electron chi connectivity index (χ1n) is 11.7. The highest BCUT2D eigenvalue weighted by Gasteiger charge is 2.23. The summed E-state index contributed by atoms with van der Waals surface area (Å²) < 4.78 is 33.6. The number of methoxy groups -OCH3 is 1. The summed E-state index contributed by atoms with van der Waals surface area (Å²) in [4.78, 5) is 17.3. The van der Waals surface area contributed by atoms with E-state index in [2.05, 4.69) is 21.8 Å². The monoisotopic (exact) mass is 493 g/mol. The summed E-state index contributed by atoms with van der Waals surface area (Å²) in [5, 5.41) is 0. The Morgan fingerprint density at radius 2 is 1.66 bits per heavy atom. The van der Waals surface area contributed by atoms with Crippen molar-refractivity contribution in [1.29, 1.82) is 0 Å². The number of rotatable bonds is 8. The van der Waals surface area contributed by atoms with E-state index in [9.17, 15) is 13.2 Å². The van der Waals surface area contributed by atoms with Gasteiger partial charge in [-0.25, -0.2) is 8.42 Å². The fourth-order valence-electron chi connectivity index (χ4n) is 4.16. The number of nitrogens with one attached hydrogen (secondary N) is 1. The molecule has 0 aromatic heterocycles. The molecule has 0 bridgehead atoms. The highest BCUT2D eigenvalue weighted by Crippen LogP contribution is 2.19.